The lowest BCUT2D eigenvalue weighted by molar-refractivity contribution is 0.530. The van der Waals surface area contributed by atoms with Crippen molar-refractivity contribution < 1.29 is 8.42 Å². The average Bonchev–Trinajstić information content (AvgIpc) is 3.12. The molecule has 2 rings (SSSR count). The Morgan fingerprint density at radius 3 is 2.83 bits per heavy atom. The first-order valence-electron chi connectivity index (χ1n) is 6.04. The van der Waals surface area contributed by atoms with Crippen LogP contribution in [0, 0.1) is 17.2 Å². The summed E-state index contributed by atoms with van der Waals surface area (Å²) in [5, 5.41) is 8.77. The summed E-state index contributed by atoms with van der Waals surface area (Å²) < 4.78 is 26.8. The van der Waals surface area contributed by atoms with E-state index in [0.29, 0.717) is 11.5 Å². The fourth-order valence-corrected chi connectivity index (χ4v) is 3.27. The van der Waals surface area contributed by atoms with Gasteiger partial charge in [0, 0.05) is 6.04 Å². The number of hydrogen-bond acceptors (Lipinski definition) is 3. The zero-order valence-electron chi connectivity index (χ0n) is 10.3. The number of hydrogen-bond donors (Lipinski definition) is 1. The molecular weight excluding hydrogens is 248 g/mol. The molecule has 0 amide bonds. The first kappa shape index (κ1) is 13.1. The predicted octanol–water partition coefficient (Wildman–Crippen LogP) is 2.03. The zero-order valence-corrected chi connectivity index (χ0v) is 11.1. The van der Waals surface area contributed by atoms with Gasteiger partial charge >= 0.3 is 0 Å². The molecule has 0 aromatic heterocycles. The second-order valence-corrected chi connectivity index (χ2v) is 6.56. The molecule has 1 N–H and O–H groups in total. The average molecular weight is 264 g/mol. The fourth-order valence-electron chi connectivity index (χ4n) is 1.97. The van der Waals surface area contributed by atoms with Crippen molar-refractivity contribution in [1.29, 1.82) is 5.26 Å². The van der Waals surface area contributed by atoms with Crippen molar-refractivity contribution in [3.8, 4) is 6.07 Å². The summed E-state index contributed by atoms with van der Waals surface area (Å²) in [5.74, 6) is 0.674. The van der Waals surface area contributed by atoms with Gasteiger partial charge in [0.05, 0.1) is 16.5 Å². The lowest BCUT2D eigenvalue weighted by Gasteiger charge is -2.13. The summed E-state index contributed by atoms with van der Waals surface area (Å²) in [7, 11) is -3.51. The summed E-state index contributed by atoms with van der Waals surface area (Å²) in [4.78, 5) is 0.157. The Hall–Kier alpha value is -1.38. The number of nitriles is 1. The van der Waals surface area contributed by atoms with E-state index in [0.717, 1.165) is 6.42 Å². The van der Waals surface area contributed by atoms with Crippen molar-refractivity contribution >= 4 is 10.0 Å². The highest BCUT2D eigenvalue weighted by molar-refractivity contribution is 7.89. The Labute approximate surface area is 108 Å². The van der Waals surface area contributed by atoms with Crippen molar-refractivity contribution in [2.24, 2.45) is 5.92 Å². The maximum Gasteiger partial charge on any atom is 0.240 e. The van der Waals surface area contributed by atoms with Crippen LogP contribution in [0.25, 0.3) is 0 Å². The molecule has 0 radical (unpaired) electrons. The van der Waals surface area contributed by atoms with Gasteiger partial charge in [-0.25, -0.2) is 13.1 Å². The van der Waals surface area contributed by atoms with Crippen LogP contribution in [0.15, 0.2) is 29.2 Å². The summed E-state index contributed by atoms with van der Waals surface area (Å²) in [6.45, 7) is 1.88. The monoisotopic (exact) mass is 264 g/mol. The SMILES string of the molecule is CC(CC1CC1)NS(=O)(=O)c1cccc(C#N)c1. The van der Waals surface area contributed by atoms with Crippen LogP contribution in [-0.4, -0.2) is 14.5 Å². The molecule has 1 atom stereocenters. The third-order valence-electron chi connectivity index (χ3n) is 3.01. The molecule has 1 aliphatic rings. The first-order valence-corrected chi connectivity index (χ1v) is 7.52. The summed E-state index contributed by atoms with van der Waals surface area (Å²) in [6, 6.07) is 7.95. The minimum atomic E-state index is -3.51. The van der Waals surface area contributed by atoms with Crippen molar-refractivity contribution in [3.63, 3.8) is 0 Å². The molecular formula is C13H16N2O2S. The predicted molar refractivity (Wildman–Crippen MR) is 68.3 cm³/mol. The van der Waals surface area contributed by atoms with Gasteiger partial charge in [0.25, 0.3) is 0 Å². The molecule has 18 heavy (non-hydrogen) atoms. The minimum absolute atomic E-state index is 0.0618. The second-order valence-electron chi connectivity index (χ2n) is 4.84. The Balaban J connectivity index is 2.11. The van der Waals surface area contributed by atoms with Gasteiger partial charge in [-0.2, -0.15) is 5.26 Å². The summed E-state index contributed by atoms with van der Waals surface area (Å²) >= 11 is 0. The van der Waals surface area contributed by atoms with Crippen LogP contribution in [-0.2, 0) is 10.0 Å². The van der Waals surface area contributed by atoms with Crippen LogP contribution in [0.1, 0.15) is 31.7 Å². The molecule has 1 aromatic rings. The third kappa shape index (κ3) is 3.31. The molecule has 1 fully saturated rings. The number of nitrogens with zero attached hydrogens (tertiary/aromatic N) is 1. The molecule has 1 aliphatic carbocycles. The smallest absolute Gasteiger partial charge is 0.208 e. The van der Waals surface area contributed by atoms with E-state index in [9.17, 15) is 8.42 Å². The second kappa shape index (κ2) is 5.09. The molecule has 96 valence electrons. The highest BCUT2D eigenvalue weighted by atomic mass is 32.2. The highest BCUT2D eigenvalue weighted by Crippen LogP contribution is 2.33. The summed E-state index contributed by atoms with van der Waals surface area (Å²) in [5.41, 5.74) is 0.354. The lowest BCUT2D eigenvalue weighted by Crippen LogP contribution is -2.32. The Bertz CT molecular complexity index is 571. The van der Waals surface area contributed by atoms with E-state index >= 15 is 0 Å². The quantitative estimate of drug-likeness (QED) is 0.884. The number of nitrogens with one attached hydrogen (secondary N) is 1. The van der Waals surface area contributed by atoms with Crippen molar-refractivity contribution in [2.75, 3.05) is 0 Å². The van der Waals surface area contributed by atoms with Gasteiger partial charge in [0.2, 0.25) is 10.0 Å². The molecule has 1 aromatic carbocycles. The van der Waals surface area contributed by atoms with Gasteiger partial charge in [-0.05, 0) is 37.5 Å². The van der Waals surface area contributed by atoms with Crippen LogP contribution in [0.5, 0.6) is 0 Å². The molecule has 1 unspecified atom stereocenters. The number of rotatable bonds is 5. The van der Waals surface area contributed by atoms with E-state index in [-0.39, 0.29) is 10.9 Å². The first-order chi connectivity index (χ1) is 8.51. The van der Waals surface area contributed by atoms with Gasteiger partial charge in [-0.3, -0.25) is 0 Å². The maximum absolute atomic E-state index is 12.1. The van der Waals surface area contributed by atoms with Crippen molar-refractivity contribution in [1.82, 2.24) is 4.72 Å². The van der Waals surface area contributed by atoms with E-state index in [2.05, 4.69) is 4.72 Å². The van der Waals surface area contributed by atoms with Crippen molar-refractivity contribution in [3.05, 3.63) is 29.8 Å². The van der Waals surface area contributed by atoms with Gasteiger partial charge in [0.15, 0.2) is 0 Å². The molecule has 1 saturated carbocycles. The molecule has 0 heterocycles. The van der Waals surface area contributed by atoms with Crippen molar-refractivity contribution in [2.45, 2.75) is 37.1 Å². The zero-order chi connectivity index (χ0) is 13.2. The van der Waals surface area contributed by atoms with Crippen LogP contribution in [0.2, 0.25) is 0 Å². The Morgan fingerprint density at radius 2 is 2.22 bits per heavy atom. The molecule has 0 aliphatic heterocycles. The van der Waals surface area contributed by atoms with Gasteiger partial charge < -0.3 is 0 Å². The highest BCUT2D eigenvalue weighted by Gasteiger charge is 2.26. The lowest BCUT2D eigenvalue weighted by atomic mass is 10.2. The minimum Gasteiger partial charge on any atom is -0.208 e. The third-order valence-corrected chi connectivity index (χ3v) is 4.60. The molecule has 0 saturated heterocycles. The van der Waals surface area contributed by atoms with E-state index in [1.54, 1.807) is 12.1 Å². The molecule has 5 heteroatoms. The van der Waals surface area contributed by atoms with Gasteiger partial charge in [-0.15, -0.1) is 0 Å². The molecule has 0 spiro atoms. The standard InChI is InChI=1S/C13H16N2O2S/c1-10(7-11-5-6-11)15-18(16,17)13-4-2-3-12(8-13)9-14/h2-4,8,10-11,15H,5-7H2,1H3. The largest absolute Gasteiger partial charge is 0.240 e. The fraction of sp³-hybridized carbons (Fsp3) is 0.462. The number of benzene rings is 1. The van der Waals surface area contributed by atoms with Crippen LogP contribution >= 0.6 is 0 Å². The summed E-state index contributed by atoms with van der Waals surface area (Å²) in [6.07, 6.45) is 3.29. The van der Waals surface area contributed by atoms with E-state index in [4.69, 9.17) is 5.26 Å². The van der Waals surface area contributed by atoms with Crippen LogP contribution in [0.4, 0.5) is 0 Å². The van der Waals surface area contributed by atoms with Gasteiger partial charge in [-0.1, -0.05) is 18.9 Å². The number of sulfonamides is 1. The molecule has 4 nitrogen and oxygen atoms in total. The van der Waals surface area contributed by atoms with Crippen LogP contribution in [0.3, 0.4) is 0 Å². The van der Waals surface area contributed by atoms with E-state index in [1.165, 1.54) is 25.0 Å². The van der Waals surface area contributed by atoms with E-state index < -0.39 is 10.0 Å². The topological polar surface area (TPSA) is 70.0 Å². The Kier molecular flexibility index (Phi) is 3.69. The van der Waals surface area contributed by atoms with Gasteiger partial charge in [0.1, 0.15) is 0 Å². The Morgan fingerprint density at radius 1 is 1.50 bits per heavy atom. The maximum atomic E-state index is 12.1. The van der Waals surface area contributed by atoms with E-state index in [1.807, 2.05) is 13.0 Å². The normalized spacial score (nSPS) is 17.1. The van der Waals surface area contributed by atoms with Crippen LogP contribution < -0.4 is 4.72 Å². The molecule has 0 bridgehead atoms.